The number of fused-ring (bicyclic) bond motifs is 1. The summed E-state index contributed by atoms with van der Waals surface area (Å²) in [5, 5.41) is 6.25. The average Bonchev–Trinajstić information content (AvgIpc) is 2.92. The smallest absolute Gasteiger partial charge is 0.343 e. The molecule has 4 aromatic rings. The molecule has 188 valence electrons. The number of ether oxygens (including phenoxy) is 4. The number of hydrazone groups is 1. The van der Waals surface area contributed by atoms with Gasteiger partial charge in [-0.05, 0) is 53.2 Å². The number of nitrogens with one attached hydrogen (secondary N) is 1. The van der Waals surface area contributed by atoms with Gasteiger partial charge in [-0.15, -0.1) is 0 Å². The molecule has 0 saturated heterocycles. The van der Waals surface area contributed by atoms with Crippen LogP contribution in [0.1, 0.15) is 15.9 Å². The molecule has 0 atom stereocenters. The van der Waals surface area contributed by atoms with Crippen LogP contribution in [0.5, 0.6) is 23.0 Å². The van der Waals surface area contributed by atoms with Gasteiger partial charge in [-0.1, -0.05) is 48.0 Å². The van der Waals surface area contributed by atoms with Gasteiger partial charge in [-0.25, -0.2) is 10.2 Å². The Bertz CT molecular complexity index is 1470. The number of carbonyl (C=O) groups excluding carboxylic acids is 2. The molecule has 1 amide bonds. The van der Waals surface area contributed by atoms with Crippen molar-refractivity contribution in [3.05, 3.63) is 95.0 Å². The molecule has 0 heterocycles. The van der Waals surface area contributed by atoms with Crippen LogP contribution >= 0.6 is 11.6 Å². The van der Waals surface area contributed by atoms with Crippen molar-refractivity contribution in [1.82, 2.24) is 5.43 Å². The molecular formula is C28H23ClN2O6. The summed E-state index contributed by atoms with van der Waals surface area (Å²) in [6.45, 7) is -0.256. The lowest BCUT2D eigenvalue weighted by atomic mass is 10.0. The van der Waals surface area contributed by atoms with Crippen molar-refractivity contribution >= 4 is 40.5 Å². The van der Waals surface area contributed by atoms with Crippen molar-refractivity contribution in [2.75, 3.05) is 20.8 Å². The third kappa shape index (κ3) is 6.36. The molecule has 4 aromatic carbocycles. The number of methoxy groups -OCH3 is 2. The van der Waals surface area contributed by atoms with E-state index in [2.05, 4.69) is 10.5 Å². The maximum absolute atomic E-state index is 12.9. The molecule has 0 spiro atoms. The van der Waals surface area contributed by atoms with E-state index in [1.807, 2.05) is 30.3 Å². The van der Waals surface area contributed by atoms with Gasteiger partial charge >= 0.3 is 5.97 Å². The van der Waals surface area contributed by atoms with Crippen LogP contribution in [0.15, 0.2) is 84.0 Å². The Morgan fingerprint density at radius 2 is 1.68 bits per heavy atom. The van der Waals surface area contributed by atoms with E-state index in [-0.39, 0.29) is 17.9 Å². The quantitative estimate of drug-likeness (QED) is 0.140. The molecule has 0 aliphatic heterocycles. The van der Waals surface area contributed by atoms with Crippen molar-refractivity contribution in [1.29, 1.82) is 0 Å². The first-order valence-corrected chi connectivity index (χ1v) is 11.5. The zero-order valence-corrected chi connectivity index (χ0v) is 20.8. The summed E-state index contributed by atoms with van der Waals surface area (Å²) in [7, 11) is 3.00. The van der Waals surface area contributed by atoms with E-state index in [1.54, 1.807) is 42.5 Å². The highest BCUT2D eigenvalue weighted by Crippen LogP contribution is 2.30. The fourth-order valence-corrected chi connectivity index (χ4v) is 3.71. The minimum Gasteiger partial charge on any atom is -0.493 e. The standard InChI is InChI=1S/C28H23ClN2O6/c1-34-25-13-11-19(14-26(25)35-2)28(33)37-24-12-10-18-6-3-4-9-22(18)23(24)16-30-31-27(32)17-36-21-8-5-7-20(29)15-21/h3-16H,17H2,1-2H3,(H,31,32)/b30-16-. The minimum absolute atomic E-state index is 0.256. The predicted octanol–water partition coefficient (Wildman–Crippen LogP) is 5.26. The van der Waals surface area contributed by atoms with Crippen LogP contribution in [-0.4, -0.2) is 38.9 Å². The van der Waals surface area contributed by atoms with Crippen molar-refractivity contribution in [2.45, 2.75) is 0 Å². The van der Waals surface area contributed by atoms with Gasteiger partial charge < -0.3 is 18.9 Å². The molecule has 4 rings (SSSR count). The lowest BCUT2D eigenvalue weighted by Crippen LogP contribution is -2.24. The molecule has 0 saturated carbocycles. The van der Waals surface area contributed by atoms with Crippen LogP contribution < -0.4 is 24.4 Å². The van der Waals surface area contributed by atoms with Gasteiger partial charge in [0.1, 0.15) is 11.5 Å². The second-order valence-electron chi connectivity index (χ2n) is 7.70. The van der Waals surface area contributed by atoms with E-state index in [0.29, 0.717) is 27.8 Å². The average molecular weight is 519 g/mol. The molecule has 0 radical (unpaired) electrons. The first-order chi connectivity index (χ1) is 18.0. The minimum atomic E-state index is -0.593. The van der Waals surface area contributed by atoms with Crippen LogP contribution in [0.3, 0.4) is 0 Å². The van der Waals surface area contributed by atoms with Crippen molar-refractivity contribution in [3.8, 4) is 23.0 Å². The highest BCUT2D eigenvalue weighted by Gasteiger charge is 2.16. The fraction of sp³-hybridized carbons (Fsp3) is 0.107. The number of amides is 1. The molecule has 1 N–H and O–H groups in total. The Balaban J connectivity index is 1.52. The highest BCUT2D eigenvalue weighted by molar-refractivity contribution is 6.30. The second kappa shape index (κ2) is 11.9. The van der Waals surface area contributed by atoms with Crippen LogP contribution in [0, 0.1) is 0 Å². The first-order valence-electron chi connectivity index (χ1n) is 11.1. The maximum atomic E-state index is 12.9. The predicted molar refractivity (Wildman–Crippen MR) is 141 cm³/mol. The summed E-state index contributed by atoms with van der Waals surface area (Å²) in [5.74, 6) is 0.564. The normalized spacial score (nSPS) is 10.8. The lowest BCUT2D eigenvalue weighted by molar-refractivity contribution is -0.123. The van der Waals surface area contributed by atoms with Crippen molar-refractivity contribution < 1.29 is 28.5 Å². The van der Waals surface area contributed by atoms with E-state index < -0.39 is 11.9 Å². The number of benzene rings is 4. The number of hydrogen-bond acceptors (Lipinski definition) is 7. The Morgan fingerprint density at radius 3 is 2.46 bits per heavy atom. The zero-order chi connectivity index (χ0) is 26.2. The molecular weight excluding hydrogens is 496 g/mol. The summed E-state index contributed by atoms with van der Waals surface area (Å²) < 4.78 is 21.6. The molecule has 0 unspecified atom stereocenters. The van der Waals surface area contributed by atoms with E-state index in [9.17, 15) is 9.59 Å². The van der Waals surface area contributed by atoms with E-state index in [4.69, 9.17) is 30.5 Å². The molecule has 0 aliphatic rings. The summed E-state index contributed by atoms with van der Waals surface area (Å²) in [4.78, 5) is 25.2. The number of hydrogen-bond donors (Lipinski definition) is 1. The van der Waals surface area contributed by atoms with Crippen molar-refractivity contribution in [2.24, 2.45) is 5.10 Å². The summed E-state index contributed by atoms with van der Waals surface area (Å²) in [6.07, 6.45) is 1.43. The summed E-state index contributed by atoms with van der Waals surface area (Å²) >= 11 is 5.93. The molecule has 9 heteroatoms. The van der Waals surface area contributed by atoms with Gasteiger partial charge in [0, 0.05) is 10.6 Å². The molecule has 0 aliphatic carbocycles. The molecule has 0 aromatic heterocycles. The topological polar surface area (TPSA) is 95.5 Å². The number of rotatable bonds is 9. The lowest BCUT2D eigenvalue weighted by Gasteiger charge is -2.12. The Morgan fingerprint density at radius 1 is 0.892 bits per heavy atom. The Kier molecular flexibility index (Phi) is 8.22. The van der Waals surface area contributed by atoms with E-state index in [1.165, 1.54) is 26.5 Å². The number of esters is 1. The molecule has 0 fully saturated rings. The SMILES string of the molecule is COc1ccc(C(=O)Oc2ccc3ccccc3c2/C=N\NC(=O)COc2cccc(Cl)c2)cc1OC. The second-order valence-corrected chi connectivity index (χ2v) is 8.13. The number of nitrogens with zero attached hydrogens (tertiary/aromatic N) is 1. The van der Waals surface area contributed by atoms with Crippen LogP contribution in [-0.2, 0) is 4.79 Å². The van der Waals surface area contributed by atoms with Crippen LogP contribution in [0.25, 0.3) is 10.8 Å². The monoisotopic (exact) mass is 518 g/mol. The molecule has 8 nitrogen and oxygen atoms in total. The first kappa shape index (κ1) is 25.5. The Hall–Kier alpha value is -4.56. The number of halogens is 1. The molecule has 0 bridgehead atoms. The molecule has 37 heavy (non-hydrogen) atoms. The maximum Gasteiger partial charge on any atom is 0.343 e. The van der Waals surface area contributed by atoms with Gasteiger partial charge in [0.05, 0.1) is 26.0 Å². The van der Waals surface area contributed by atoms with Gasteiger partial charge in [0.15, 0.2) is 18.1 Å². The Labute approximate surface area is 218 Å². The summed E-state index contributed by atoms with van der Waals surface area (Å²) in [5.41, 5.74) is 3.22. The summed E-state index contributed by atoms with van der Waals surface area (Å²) in [6, 6.07) is 22.5. The van der Waals surface area contributed by atoms with Gasteiger partial charge in [0.25, 0.3) is 5.91 Å². The van der Waals surface area contributed by atoms with E-state index >= 15 is 0 Å². The van der Waals surface area contributed by atoms with Gasteiger partial charge in [0.2, 0.25) is 0 Å². The van der Waals surface area contributed by atoms with Crippen LogP contribution in [0.4, 0.5) is 0 Å². The van der Waals surface area contributed by atoms with E-state index in [0.717, 1.165) is 10.8 Å². The van der Waals surface area contributed by atoms with Crippen LogP contribution in [0.2, 0.25) is 5.02 Å². The van der Waals surface area contributed by atoms with Gasteiger partial charge in [-0.2, -0.15) is 5.10 Å². The highest BCUT2D eigenvalue weighted by atomic mass is 35.5. The number of carbonyl (C=O) groups is 2. The third-order valence-electron chi connectivity index (χ3n) is 5.30. The third-order valence-corrected chi connectivity index (χ3v) is 5.54. The van der Waals surface area contributed by atoms with Gasteiger partial charge in [-0.3, -0.25) is 4.79 Å². The van der Waals surface area contributed by atoms with Crippen molar-refractivity contribution in [3.63, 3.8) is 0 Å². The zero-order valence-electron chi connectivity index (χ0n) is 20.1. The fourth-order valence-electron chi connectivity index (χ4n) is 3.53. The largest absolute Gasteiger partial charge is 0.493 e.